The third-order valence-corrected chi connectivity index (χ3v) is 10.1. The van der Waals surface area contributed by atoms with Crippen LogP contribution in [0.3, 0.4) is 0 Å². The van der Waals surface area contributed by atoms with Crippen LogP contribution < -0.4 is 14.4 Å². The molecule has 0 amide bonds. The number of allylic oxidation sites excluding steroid dienone is 2. The molecule has 45 heavy (non-hydrogen) atoms. The Hall–Kier alpha value is -4.36. The number of nitriles is 1. The predicted molar refractivity (Wildman–Crippen MR) is 174 cm³/mol. The number of aromatic carboxylic acids is 1. The number of carboxylic acids is 1. The first-order chi connectivity index (χ1) is 21.8. The van der Waals surface area contributed by atoms with Gasteiger partial charge in [0.05, 0.1) is 35.5 Å². The Morgan fingerprint density at radius 1 is 1.11 bits per heavy atom. The van der Waals surface area contributed by atoms with Crippen molar-refractivity contribution in [3.63, 3.8) is 0 Å². The fourth-order valence-corrected chi connectivity index (χ4v) is 7.08. The molecule has 9 nitrogen and oxygen atoms in total. The lowest BCUT2D eigenvalue weighted by Gasteiger charge is -2.52. The molecule has 3 heterocycles. The molecule has 230 valence electrons. The molecule has 4 aromatic rings. The zero-order chi connectivity index (χ0) is 31.2. The Bertz CT molecular complexity index is 1870. The van der Waals surface area contributed by atoms with Crippen LogP contribution in [-0.4, -0.2) is 45.8 Å². The third kappa shape index (κ3) is 5.77. The molecular weight excluding hydrogens is 634 g/mol. The van der Waals surface area contributed by atoms with Crippen LogP contribution in [0.2, 0.25) is 0 Å². The van der Waals surface area contributed by atoms with E-state index in [0.29, 0.717) is 25.5 Å². The van der Waals surface area contributed by atoms with Crippen LogP contribution >= 0.6 is 15.9 Å². The van der Waals surface area contributed by atoms with Gasteiger partial charge in [-0.15, -0.1) is 0 Å². The number of imidazole rings is 1. The average Bonchev–Trinajstić information content (AvgIpc) is 3.71. The number of methoxy groups -OCH3 is 1. The summed E-state index contributed by atoms with van der Waals surface area (Å²) in [5.74, 6) is 1.29. The number of halogens is 1. The summed E-state index contributed by atoms with van der Waals surface area (Å²) in [5, 5.41) is 19.1. The van der Waals surface area contributed by atoms with Gasteiger partial charge in [0.1, 0.15) is 12.4 Å². The Morgan fingerprint density at radius 3 is 2.67 bits per heavy atom. The maximum Gasteiger partial charge on any atom is 0.335 e. The molecule has 2 aliphatic carbocycles. The minimum Gasteiger partial charge on any atom is -0.496 e. The second-order valence-electron chi connectivity index (χ2n) is 12.7. The number of aromatic nitrogens is 3. The number of nitrogens with zero attached hydrogens (tertiary/aromatic N) is 5. The van der Waals surface area contributed by atoms with Gasteiger partial charge >= 0.3 is 5.97 Å². The van der Waals surface area contributed by atoms with Crippen molar-refractivity contribution >= 4 is 44.5 Å². The first-order valence-corrected chi connectivity index (χ1v) is 16.1. The molecule has 1 aliphatic heterocycles. The Kier molecular flexibility index (Phi) is 7.52. The molecule has 0 radical (unpaired) electrons. The van der Waals surface area contributed by atoms with Gasteiger partial charge in [-0.05, 0) is 74.1 Å². The zero-order valence-corrected chi connectivity index (χ0v) is 26.7. The molecule has 1 saturated heterocycles. The molecule has 7 rings (SSSR count). The maximum absolute atomic E-state index is 11.7. The number of benzene rings is 2. The van der Waals surface area contributed by atoms with Gasteiger partial charge in [0.25, 0.3) is 0 Å². The lowest BCUT2D eigenvalue weighted by molar-refractivity contribution is 0.0697. The fourth-order valence-electron chi connectivity index (χ4n) is 6.74. The minimum atomic E-state index is -0.950. The normalized spacial score (nSPS) is 17.8. The molecule has 10 heteroatoms. The van der Waals surface area contributed by atoms with Gasteiger partial charge in [0.15, 0.2) is 0 Å². The van der Waals surface area contributed by atoms with Crippen molar-refractivity contribution in [2.24, 2.45) is 10.8 Å². The highest BCUT2D eigenvalue weighted by atomic mass is 79.9. The van der Waals surface area contributed by atoms with Crippen molar-refractivity contribution in [3.05, 3.63) is 82.0 Å². The summed E-state index contributed by atoms with van der Waals surface area (Å²) in [6.07, 6.45) is 7.81. The van der Waals surface area contributed by atoms with Crippen LogP contribution in [0.25, 0.3) is 16.6 Å². The first-order valence-electron chi connectivity index (χ1n) is 15.3. The number of rotatable bonds is 10. The summed E-state index contributed by atoms with van der Waals surface area (Å²) in [5.41, 5.74) is 5.15. The zero-order valence-electron chi connectivity index (χ0n) is 25.1. The highest BCUT2D eigenvalue weighted by molar-refractivity contribution is 9.10. The topological polar surface area (TPSA) is 113 Å². The second kappa shape index (κ2) is 11.5. The average molecular weight is 669 g/mol. The second-order valence-corrected chi connectivity index (χ2v) is 13.7. The molecule has 1 saturated carbocycles. The van der Waals surface area contributed by atoms with E-state index >= 15 is 0 Å². The van der Waals surface area contributed by atoms with Gasteiger partial charge < -0.3 is 24.0 Å². The molecule has 3 aliphatic rings. The van der Waals surface area contributed by atoms with Crippen molar-refractivity contribution in [3.8, 4) is 17.7 Å². The van der Waals surface area contributed by atoms with Crippen LogP contribution in [0, 0.1) is 22.2 Å². The van der Waals surface area contributed by atoms with Crippen LogP contribution in [-0.2, 0) is 13.2 Å². The van der Waals surface area contributed by atoms with Gasteiger partial charge in [-0.3, -0.25) is 0 Å². The maximum atomic E-state index is 11.7. The summed E-state index contributed by atoms with van der Waals surface area (Å²) in [7, 11) is 1.65. The molecule has 1 spiro atoms. The number of hydrogen-bond acceptors (Lipinski definition) is 7. The Balaban J connectivity index is 1.05. The van der Waals surface area contributed by atoms with Crippen LogP contribution in [0.5, 0.6) is 11.6 Å². The van der Waals surface area contributed by atoms with Gasteiger partial charge in [0.2, 0.25) is 11.8 Å². The highest BCUT2D eigenvalue weighted by Gasteiger charge is 2.47. The van der Waals surface area contributed by atoms with Gasteiger partial charge in [-0.2, -0.15) is 5.26 Å². The number of carboxylic acid groups (broad SMARTS) is 1. The molecule has 2 fully saturated rings. The van der Waals surface area contributed by atoms with Gasteiger partial charge in [-0.25, -0.2) is 14.8 Å². The quantitative estimate of drug-likeness (QED) is 0.188. The third-order valence-electron chi connectivity index (χ3n) is 9.60. The number of pyridine rings is 1. The molecule has 0 atom stereocenters. The summed E-state index contributed by atoms with van der Waals surface area (Å²) < 4.78 is 14.7. The predicted octanol–water partition coefficient (Wildman–Crippen LogP) is 7.25. The van der Waals surface area contributed by atoms with E-state index < -0.39 is 5.97 Å². The first kappa shape index (κ1) is 29.4. The Morgan fingerprint density at radius 2 is 1.96 bits per heavy atom. The lowest BCUT2D eigenvalue weighted by atomic mass is 9.69. The van der Waals surface area contributed by atoms with Crippen LogP contribution in [0.4, 0.5) is 5.95 Å². The van der Waals surface area contributed by atoms with E-state index in [1.54, 1.807) is 25.3 Å². The van der Waals surface area contributed by atoms with E-state index in [0.717, 1.165) is 83.7 Å². The van der Waals surface area contributed by atoms with Crippen molar-refractivity contribution in [1.82, 2.24) is 14.5 Å². The largest absolute Gasteiger partial charge is 0.496 e. The SMILES string of the molecule is COc1cc(Br)ccc1COc1cccc(C2=CCC3(CC2)CN(c2nc4ccc(C(=O)O)cc4n2CC2(CC#N)CC2)C3)n1. The molecule has 0 unspecified atom stereocenters. The summed E-state index contributed by atoms with van der Waals surface area (Å²) in [6.45, 7) is 2.83. The summed E-state index contributed by atoms with van der Waals surface area (Å²) in [4.78, 5) is 23.9. The molecule has 2 aromatic carbocycles. The smallest absolute Gasteiger partial charge is 0.335 e. The molecule has 2 aromatic heterocycles. The van der Waals surface area contributed by atoms with Crippen LogP contribution in [0.15, 0.2) is 65.1 Å². The number of anilines is 1. The monoisotopic (exact) mass is 667 g/mol. The van der Waals surface area contributed by atoms with Crippen LogP contribution in [0.1, 0.15) is 60.1 Å². The number of carbonyl (C=O) groups is 1. The van der Waals surface area contributed by atoms with E-state index in [2.05, 4.69) is 37.5 Å². The van der Waals surface area contributed by atoms with Crippen molar-refractivity contribution in [1.29, 1.82) is 5.26 Å². The number of ether oxygens (including phenoxy) is 2. The van der Waals surface area contributed by atoms with Crippen molar-refractivity contribution in [2.45, 2.75) is 51.7 Å². The highest BCUT2D eigenvalue weighted by Crippen LogP contribution is 2.52. The minimum absolute atomic E-state index is 0.0447. The van der Waals surface area contributed by atoms with Gasteiger partial charge in [0, 0.05) is 53.0 Å². The van der Waals surface area contributed by atoms with E-state index in [9.17, 15) is 15.2 Å². The fraction of sp³-hybridized carbons (Fsp3) is 0.371. The molecule has 1 N–H and O–H groups in total. The lowest BCUT2D eigenvalue weighted by Crippen LogP contribution is -2.57. The molecule has 0 bridgehead atoms. The van der Waals surface area contributed by atoms with Crippen molar-refractivity contribution < 1.29 is 19.4 Å². The molecular formula is C35H34BrN5O4. The Labute approximate surface area is 270 Å². The summed E-state index contributed by atoms with van der Waals surface area (Å²) in [6, 6.07) is 19.3. The van der Waals surface area contributed by atoms with E-state index in [1.807, 2.05) is 36.4 Å². The number of hydrogen-bond donors (Lipinski definition) is 1. The number of fused-ring (bicyclic) bond motifs is 1. The van der Waals surface area contributed by atoms with Crippen molar-refractivity contribution in [2.75, 3.05) is 25.1 Å². The summed E-state index contributed by atoms with van der Waals surface area (Å²) >= 11 is 3.48. The van der Waals surface area contributed by atoms with E-state index in [4.69, 9.17) is 19.4 Å². The van der Waals surface area contributed by atoms with Gasteiger partial charge in [-0.1, -0.05) is 34.1 Å². The van der Waals surface area contributed by atoms with E-state index in [-0.39, 0.29) is 16.4 Å². The van der Waals surface area contributed by atoms with E-state index in [1.165, 1.54) is 5.57 Å². The standard InChI is InChI=1S/C35H34BrN5O4/c1-44-30-18-26(36)7-5-25(30)19-45-31-4-2-3-27(38-31)23-9-11-35(12-10-23)20-40(21-35)33-39-28-8-6-24(32(42)43)17-29(28)41(33)22-34(13-14-34)15-16-37/h2-9,17-18H,10-15,19-22H2,1H3,(H,42,43).